The maximum atomic E-state index is 12.2. The van der Waals surface area contributed by atoms with Crippen molar-refractivity contribution in [3.05, 3.63) is 29.8 Å². The summed E-state index contributed by atoms with van der Waals surface area (Å²) in [6.07, 6.45) is 7.33. The van der Waals surface area contributed by atoms with Crippen molar-refractivity contribution in [1.82, 2.24) is 15.1 Å². The Morgan fingerprint density at radius 1 is 1.04 bits per heavy atom. The number of hydrogen-bond donors (Lipinski definition) is 1. The third-order valence-electron chi connectivity index (χ3n) is 6.21. The van der Waals surface area contributed by atoms with Gasteiger partial charge in [-0.25, -0.2) is 0 Å². The van der Waals surface area contributed by atoms with E-state index in [0.29, 0.717) is 6.04 Å². The summed E-state index contributed by atoms with van der Waals surface area (Å²) in [5, 5.41) is 3.22. The maximum Gasteiger partial charge on any atom is 0.224 e. The second kappa shape index (κ2) is 9.07. The van der Waals surface area contributed by atoms with Crippen LogP contribution in [-0.2, 0) is 11.3 Å². The molecule has 3 aliphatic rings. The number of rotatable bonds is 6. The minimum Gasteiger partial charge on any atom is -0.492 e. The SMILES string of the molecule is O=C1N[C@H]2CCC[C@@H]1CN(Cc1cccc(OCCN3CCCCC3)c1)C2. The number of benzene rings is 1. The van der Waals surface area contributed by atoms with Crippen LogP contribution in [0.5, 0.6) is 5.75 Å². The topological polar surface area (TPSA) is 44.8 Å². The van der Waals surface area contributed by atoms with E-state index in [0.717, 1.165) is 51.4 Å². The molecule has 3 saturated heterocycles. The van der Waals surface area contributed by atoms with Gasteiger partial charge >= 0.3 is 0 Å². The number of carbonyl (C=O) groups excluding carboxylic acids is 1. The zero-order chi connectivity index (χ0) is 18.5. The van der Waals surface area contributed by atoms with Crippen molar-refractivity contribution >= 4 is 5.91 Å². The van der Waals surface area contributed by atoms with Crippen LogP contribution in [0.15, 0.2) is 24.3 Å². The van der Waals surface area contributed by atoms with Crippen LogP contribution in [0.25, 0.3) is 0 Å². The number of ether oxygens (including phenoxy) is 1. The van der Waals surface area contributed by atoms with Crippen LogP contribution in [0, 0.1) is 5.92 Å². The van der Waals surface area contributed by atoms with Gasteiger partial charge in [-0.3, -0.25) is 14.6 Å². The van der Waals surface area contributed by atoms with Crippen LogP contribution in [0.4, 0.5) is 0 Å². The van der Waals surface area contributed by atoms with Crippen molar-refractivity contribution in [2.45, 2.75) is 51.1 Å². The fourth-order valence-corrected chi connectivity index (χ4v) is 4.74. The van der Waals surface area contributed by atoms with Crippen LogP contribution in [0.1, 0.15) is 44.1 Å². The Morgan fingerprint density at radius 3 is 2.81 bits per heavy atom. The standard InChI is InChI=1S/C22H33N3O2/c26-22-19-7-5-8-20(23-22)17-25(16-19)15-18-6-4-9-21(14-18)27-13-12-24-10-2-1-3-11-24/h4,6,9,14,19-20H,1-3,5,7-8,10-13,15-17H2,(H,23,26)/t19-,20+/m1/s1. The molecule has 3 heterocycles. The van der Waals surface area contributed by atoms with E-state index in [4.69, 9.17) is 4.74 Å². The molecule has 27 heavy (non-hydrogen) atoms. The van der Waals surface area contributed by atoms with Crippen LogP contribution in [0.3, 0.4) is 0 Å². The first-order valence-corrected chi connectivity index (χ1v) is 10.7. The Labute approximate surface area is 163 Å². The first-order valence-electron chi connectivity index (χ1n) is 10.7. The van der Waals surface area contributed by atoms with Crippen molar-refractivity contribution in [1.29, 1.82) is 0 Å². The van der Waals surface area contributed by atoms with Crippen molar-refractivity contribution in [3.63, 3.8) is 0 Å². The van der Waals surface area contributed by atoms with E-state index in [2.05, 4.69) is 39.4 Å². The Balaban J connectivity index is 1.30. The Morgan fingerprint density at radius 2 is 1.93 bits per heavy atom. The molecule has 1 N–H and O–H groups in total. The normalized spacial score (nSPS) is 27.0. The van der Waals surface area contributed by atoms with Gasteiger partial charge in [0, 0.05) is 32.2 Å². The molecule has 148 valence electrons. The van der Waals surface area contributed by atoms with Crippen LogP contribution < -0.4 is 10.1 Å². The number of amides is 1. The Bertz CT molecular complexity index is 630. The first kappa shape index (κ1) is 18.8. The Kier molecular flexibility index (Phi) is 6.30. The second-order valence-electron chi connectivity index (χ2n) is 8.43. The lowest BCUT2D eigenvalue weighted by Crippen LogP contribution is -2.38. The molecule has 0 aliphatic carbocycles. The van der Waals surface area contributed by atoms with E-state index in [9.17, 15) is 4.79 Å². The van der Waals surface area contributed by atoms with Crippen LogP contribution >= 0.6 is 0 Å². The van der Waals surface area contributed by atoms with E-state index < -0.39 is 0 Å². The number of nitrogens with zero attached hydrogens (tertiary/aromatic N) is 2. The number of nitrogens with one attached hydrogen (secondary N) is 1. The summed E-state index contributed by atoms with van der Waals surface area (Å²) in [5.41, 5.74) is 1.28. The molecule has 0 unspecified atom stereocenters. The Hall–Kier alpha value is -1.59. The largest absolute Gasteiger partial charge is 0.492 e. The van der Waals surface area contributed by atoms with E-state index in [1.165, 1.54) is 44.3 Å². The number of carbonyl (C=O) groups is 1. The van der Waals surface area contributed by atoms with Gasteiger partial charge < -0.3 is 10.1 Å². The lowest BCUT2D eigenvalue weighted by Gasteiger charge is -2.27. The average molecular weight is 372 g/mol. The molecule has 2 bridgehead atoms. The minimum absolute atomic E-state index is 0.154. The van der Waals surface area contributed by atoms with Gasteiger partial charge in [0.1, 0.15) is 12.4 Å². The molecule has 1 aromatic carbocycles. The highest BCUT2D eigenvalue weighted by Gasteiger charge is 2.32. The predicted molar refractivity (Wildman–Crippen MR) is 107 cm³/mol. The average Bonchev–Trinajstić information content (AvgIpc) is 2.91. The minimum atomic E-state index is 0.154. The molecule has 3 fully saturated rings. The quantitative estimate of drug-likeness (QED) is 0.835. The molecular formula is C22H33N3O2. The molecule has 0 radical (unpaired) electrons. The molecular weight excluding hydrogens is 338 g/mol. The number of hydrogen-bond acceptors (Lipinski definition) is 4. The molecule has 1 aromatic rings. The summed E-state index contributed by atoms with van der Waals surface area (Å²) >= 11 is 0. The van der Waals surface area contributed by atoms with E-state index in [1.807, 2.05) is 0 Å². The molecule has 4 rings (SSSR count). The van der Waals surface area contributed by atoms with E-state index in [1.54, 1.807) is 0 Å². The summed E-state index contributed by atoms with van der Waals surface area (Å²) in [7, 11) is 0. The number of piperidine rings is 1. The zero-order valence-corrected chi connectivity index (χ0v) is 16.4. The monoisotopic (exact) mass is 371 g/mol. The number of likely N-dealkylation sites (tertiary alicyclic amines) is 2. The van der Waals surface area contributed by atoms with Gasteiger partial charge in [-0.15, -0.1) is 0 Å². The highest BCUT2D eigenvalue weighted by molar-refractivity contribution is 5.79. The molecule has 0 spiro atoms. The third-order valence-corrected chi connectivity index (χ3v) is 6.21. The second-order valence-corrected chi connectivity index (χ2v) is 8.43. The molecule has 5 heteroatoms. The highest BCUT2D eigenvalue weighted by atomic mass is 16.5. The molecule has 2 atom stereocenters. The fraction of sp³-hybridized carbons (Fsp3) is 0.682. The highest BCUT2D eigenvalue weighted by Crippen LogP contribution is 2.24. The molecule has 3 aliphatic heterocycles. The van der Waals surface area contributed by atoms with Gasteiger partial charge in [0.15, 0.2) is 0 Å². The zero-order valence-electron chi connectivity index (χ0n) is 16.4. The maximum absolute atomic E-state index is 12.2. The number of fused-ring (bicyclic) bond motifs is 3. The van der Waals surface area contributed by atoms with Crippen molar-refractivity contribution in [3.8, 4) is 5.75 Å². The van der Waals surface area contributed by atoms with Crippen molar-refractivity contribution in [2.24, 2.45) is 5.92 Å². The lowest BCUT2D eigenvalue weighted by molar-refractivity contribution is -0.124. The fourth-order valence-electron chi connectivity index (χ4n) is 4.74. The third kappa shape index (κ3) is 5.23. The molecule has 1 amide bonds. The van der Waals surface area contributed by atoms with Gasteiger partial charge in [-0.05, 0) is 56.5 Å². The summed E-state index contributed by atoms with van der Waals surface area (Å²) in [5.74, 6) is 1.38. The van der Waals surface area contributed by atoms with Gasteiger partial charge in [0.05, 0.1) is 5.92 Å². The summed E-state index contributed by atoms with van der Waals surface area (Å²) in [6, 6.07) is 8.81. The lowest BCUT2D eigenvalue weighted by atomic mass is 9.99. The molecule has 5 nitrogen and oxygen atoms in total. The van der Waals surface area contributed by atoms with Gasteiger partial charge in [0.25, 0.3) is 0 Å². The van der Waals surface area contributed by atoms with E-state index >= 15 is 0 Å². The van der Waals surface area contributed by atoms with E-state index in [-0.39, 0.29) is 11.8 Å². The van der Waals surface area contributed by atoms with Gasteiger partial charge in [0.2, 0.25) is 5.91 Å². The van der Waals surface area contributed by atoms with Crippen LogP contribution in [-0.4, -0.2) is 61.1 Å². The van der Waals surface area contributed by atoms with Crippen molar-refractivity contribution in [2.75, 3.05) is 39.3 Å². The summed E-state index contributed by atoms with van der Waals surface area (Å²) < 4.78 is 6.03. The summed E-state index contributed by atoms with van der Waals surface area (Å²) in [6.45, 7) is 6.94. The van der Waals surface area contributed by atoms with Gasteiger partial charge in [-0.1, -0.05) is 25.0 Å². The first-order chi connectivity index (χ1) is 13.3. The molecule has 0 aromatic heterocycles. The summed E-state index contributed by atoms with van der Waals surface area (Å²) in [4.78, 5) is 17.2. The van der Waals surface area contributed by atoms with Gasteiger partial charge in [-0.2, -0.15) is 0 Å². The van der Waals surface area contributed by atoms with Crippen LogP contribution in [0.2, 0.25) is 0 Å². The molecule has 0 saturated carbocycles. The smallest absolute Gasteiger partial charge is 0.224 e. The van der Waals surface area contributed by atoms with Crippen molar-refractivity contribution < 1.29 is 9.53 Å². The predicted octanol–water partition coefficient (Wildman–Crippen LogP) is 2.65.